The van der Waals surface area contributed by atoms with E-state index in [0.717, 1.165) is 11.8 Å². The molecule has 3 aliphatic rings. The van der Waals surface area contributed by atoms with Crippen LogP contribution in [0.1, 0.15) is 39.5 Å². The Morgan fingerprint density at radius 1 is 1.42 bits per heavy atom. The lowest BCUT2D eigenvalue weighted by Gasteiger charge is -2.39. The van der Waals surface area contributed by atoms with Crippen molar-refractivity contribution in [1.82, 2.24) is 0 Å². The monoisotopic (exact) mass is 163 g/mol. The molecule has 1 unspecified atom stereocenters. The number of rotatable bonds is 2. The Morgan fingerprint density at radius 3 is 2.50 bits per heavy atom. The first-order valence-electron chi connectivity index (χ1n) is 5.05. The number of hydrogen-bond acceptors (Lipinski definition) is 1. The van der Waals surface area contributed by atoms with Gasteiger partial charge in [-0.3, -0.25) is 0 Å². The van der Waals surface area contributed by atoms with Gasteiger partial charge in [0.1, 0.15) is 0 Å². The highest BCUT2D eigenvalue weighted by molar-refractivity contribution is 5.11. The van der Waals surface area contributed by atoms with Crippen molar-refractivity contribution in [3.8, 4) is 6.07 Å². The lowest BCUT2D eigenvalue weighted by atomic mass is 9.65. The summed E-state index contributed by atoms with van der Waals surface area (Å²) in [6, 6.07) is 2.45. The molecule has 1 heteroatoms. The second kappa shape index (κ2) is 2.49. The summed E-state index contributed by atoms with van der Waals surface area (Å²) in [4.78, 5) is 0. The van der Waals surface area contributed by atoms with Crippen LogP contribution >= 0.6 is 0 Å². The van der Waals surface area contributed by atoms with Crippen molar-refractivity contribution in [2.24, 2.45) is 23.2 Å². The maximum atomic E-state index is 8.86. The Bertz CT molecular complexity index is 218. The predicted molar refractivity (Wildman–Crippen MR) is 48.3 cm³/mol. The maximum Gasteiger partial charge on any atom is 0.0658 e. The van der Waals surface area contributed by atoms with E-state index < -0.39 is 0 Å². The van der Waals surface area contributed by atoms with E-state index in [4.69, 9.17) is 5.26 Å². The van der Waals surface area contributed by atoms with Gasteiger partial charge in [0, 0.05) is 5.92 Å². The molecule has 0 aromatic heterocycles. The molecule has 3 rings (SSSR count). The van der Waals surface area contributed by atoms with Gasteiger partial charge in [-0.2, -0.15) is 5.26 Å². The Kier molecular flexibility index (Phi) is 1.68. The third-order valence-corrected chi connectivity index (χ3v) is 3.62. The first-order chi connectivity index (χ1) is 5.65. The highest BCUT2D eigenvalue weighted by Crippen LogP contribution is 2.64. The zero-order chi connectivity index (χ0) is 8.77. The molecule has 0 heterocycles. The average Bonchev–Trinajstić information content (AvgIpc) is 2.39. The zero-order valence-corrected chi connectivity index (χ0v) is 8.01. The first-order valence-corrected chi connectivity index (χ1v) is 5.05. The van der Waals surface area contributed by atoms with Crippen molar-refractivity contribution >= 4 is 0 Å². The fraction of sp³-hybridized carbons (Fsp3) is 0.909. The molecule has 0 aromatic rings. The molecule has 1 atom stereocenters. The van der Waals surface area contributed by atoms with Crippen LogP contribution in [0.15, 0.2) is 0 Å². The molecular formula is C11H17N. The lowest BCUT2D eigenvalue weighted by molar-refractivity contribution is 0.110. The maximum absolute atomic E-state index is 8.86. The molecule has 0 radical (unpaired) electrons. The molecule has 0 aromatic carbocycles. The molecule has 3 saturated carbocycles. The van der Waals surface area contributed by atoms with Gasteiger partial charge in [0.15, 0.2) is 0 Å². The quantitative estimate of drug-likeness (QED) is 0.614. The minimum Gasteiger partial charge on any atom is -0.198 e. The van der Waals surface area contributed by atoms with E-state index in [1.54, 1.807) is 0 Å². The van der Waals surface area contributed by atoms with Gasteiger partial charge in [0.25, 0.3) is 0 Å². The van der Waals surface area contributed by atoms with Crippen LogP contribution in [-0.2, 0) is 0 Å². The van der Waals surface area contributed by atoms with Crippen LogP contribution in [0.3, 0.4) is 0 Å². The molecule has 0 amide bonds. The summed E-state index contributed by atoms with van der Waals surface area (Å²) < 4.78 is 0. The van der Waals surface area contributed by atoms with Gasteiger partial charge in [-0.1, -0.05) is 13.8 Å². The minimum atomic E-state index is 0.406. The molecule has 3 aliphatic carbocycles. The van der Waals surface area contributed by atoms with Gasteiger partial charge in [-0.05, 0) is 42.9 Å². The molecular weight excluding hydrogens is 146 g/mol. The lowest BCUT2D eigenvalue weighted by Crippen LogP contribution is -2.29. The number of hydrogen-bond donors (Lipinski definition) is 0. The van der Waals surface area contributed by atoms with E-state index in [2.05, 4.69) is 19.9 Å². The van der Waals surface area contributed by atoms with E-state index in [1.807, 2.05) is 0 Å². The fourth-order valence-corrected chi connectivity index (χ4v) is 3.40. The van der Waals surface area contributed by atoms with Crippen LogP contribution < -0.4 is 0 Å². The van der Waals surface area contributed by atoms with Crippen LogP contribution in [0.4, 0.5) is 0 Å². The largest absolute Gasteiger partial charge is 0.198 e. The molecule has 1 nitrogen and oxygen atoms in total. The smallest absolute Gasteiger partial charge is 0.0658 e. The molecule has 66 valence electrons. The summed E-state index contributed by atoms with van der Waals surface area (Å²) in [6.45, 7) is 4.59. The van der Waals surface area contributed by atoms with Gasteiger partial charge >= 0.3 is 0 Å². The van der Waals surface area contributed by atoms with E-state index in [0.29, 0.717) is 11.3 Å². The predicted octanol–water partition coefficient (Wildman–Crippen LogP) is 2.97. The summed E-state index contributed by atoms with van der Waals surface area (Å²) in [6.07, 6.45) is 5.25. The highest BCUT2D eigenvalue weighted by Gasteiger charge is 2.55. The second-order valence-corrected chi connectivity index (χ2v) is 5.21. The topological polar surface area (TPSA) is 23.8 Å². The molecule has 12 heavy (non-hydrogen) atoms. The standard InChI is InChI=1S/C11H17N/c1-8(2)3-11-4-9(5-11)10(6-11)7-12/h8-10H,3-6H2,1-2H3. The van der Waals surface area contributed by atoms with E-state index in [9.17, 15) is 0 Å². The van der Waals surface area contributed by atoms with Gasteiger partial charge in [0.2, 0.25) is 0 Å². The first kappa shape index (κ1) is 8.10. The van der Waals surface area contributed by atoms with Crippen molar-refractivity contribution < 1.29 is 0 Å². The van der Waals surface area contributed by atoms with Gasteiger partial charge < -0.3 is 0 Å². The molecule has 3 fully saturated rings. The third kappa shape index (κ3) is 1.05. The van der Waals surface area contributed by atoms with E-state index in [-0.39, 0.29) is 0 Å². The van der Waals surface area contributed by atoms with Crippen molar-refractivity contribution in [3.63, 3.8) is 0 Å². The highest BCUT2D eigenvalue weighted by atomic mass is 14.6. The van der Waals surface area contributed by atoms with Crippen LogP contribution in [0.5, 0.6) is 0 Å². The summed E-state index contributed by atoms with van der Waals surface area (Å²) in [5.41, 5.74) is 0.610. The van der Waals surface area contributed by atoms with Gasteiger partial charge in [-0.15, -0.1) is 0 Å². The molecule has 0 spiro atoms. The van der Waals surface area contributed by atoms with Gasteiger partial charge in [0.05, 0.1) is 6.07 Å². The van der Waals surface area contributed by atoms with Crippen LogP contribution in [0.25, 0.3) is 0 Å². The van der Waals surface area contributed by atoms with Crippen molar-refractivity contribution in [2.75, 3.05) is 0 Å². The molecule has 0 aliphatic heterocycles. The summed E-state index contributed by atoms with van der Waals surface area (Å²) >= 11 is 0. The van der Waals surface area contributed by atoms with Crippen molar-refractivity contribution in [2.45, 2.75) is 39.5 Å². The molecule has 2 bridgehead atoms. The summed E-state index contributed by atoms with van der Waals surface area (Å²) in [5.74, 6) is 1.99. The normalized spacial score (nSPS) is 44.2. The van der Waals surface area contributed by atoms with Gasteiger partial charge in [-0.25, -0.2) is 0 Å². The zero-order valence-electron chi connectivity index (χ0n) is 8.01. The number of nitriles is 1. The minimum absolute atomic E-state index is 0.406. The Morgan fingerprint density at radius 2 is 2.08 bits per heavy atom. The number of fused-ring (bicyclic) bond motifs is 1. The molecule has 0 saturated heterocycles. The fourth-order valence-electron chi connectivity index (χ4n) is 3.40. The summed E-state index contributed by atoms with van der Waals surface area (Å²) in [7, 11) is 0. The van der Waals surface area contributed by atoms with Crippen molar-refractivity contribution in [1.29, 1.82) is 5.26 Å². The number of nitrogens with zero attached hydrogens (tertiary/aromatic N) is 1. The Balaban J connectivity index is 1.98. The Hall–Kier alpha value is -0.510. The molecule has 0 N–H and O–H groups in total. The second-order valence-electron chi connectivity index (χ2n) is 5.21. The van der Waals surface area contributed by atoms with E-state index >= 15 is 0 Å². The summed E-state index contributed by atoms with van der Waals surface area (Å²) in [5, 5.41) is 8.86. The van der Waals surface area contributed by atoms with E-state index in [1.165, 1.54) is 25.7 Å². The average molecular weight is 163 g/mol. The van der Waals surface area contributed by atoms with Crippen LogP contribution in [0.2, 0.25) is 0 Å². The SMILES string of the molecule is CC(C)CC12CC(C#N)C(C1)C2. The Labute approximate surface area is 74.8 Å². The van der Waals surface area contributed by atoms with Crippen molar-refractivity contribution in [3.05, 3.63) is 0 Å². The van der Waals surface area contributed by atoms with Crippen LogP contribution in [-0.4, -0.2) is 0 Å². The third-order valence-electron chi connectivity index (χ3n) is 3.62. The van der Waals surface area contributed by atoms with Crippen LogP contribution in [0, 0.1) is 34.5 Å².